The molecule has 1 amide bonds. The van der Waals surface area contributed by atoms with Gasteiger partial charge in [0.1, 0.15) is 6.29 Å². The average molecular weight is 473 g/mol. The summed E-state index contributed by atoms with van der Waals surface area (Å²) in [5.41, 5.74) is 3.05. The van der Waals surface area contributed by atoms with Crippen molar-refractivity contribution < 1.29 is 9.59 Å². The maximum absolute atomic E-state index is 13.8. The van der Waals surface area contributed by atoms with Gasteiger partial charge >= 0.3 is 0 Å². The lowest BCUT2D eigenvalue weighted by atomic mass is 9.79. The van der Waals surface area contributed by atoms with Crippen LogP contribution in [-0.2, 0) is 17.4 Å². The highest BCUT2D eigenvalue weighted by atomic mass is 16.2. The van der Waals surface area contributed by atoms with E-state index in [-0.39, 0.29) is 23.5 Å². The first-order valence-electron chi connectivity index (χ1n) is 12.7. The Morgan fingerprint density at radius 3 is 2.46 bits per heavy atom. The summed E-state index contributed by atoms with van der Waals surface area (Å²) < 4.78 is 2.04. The van der Waals surface area contributed by atoms with Crippen LogP contribution in [0, 0.1) is 5.92 Å². The van der Waals surface area contributed by atoms with Crippen LogP contribution in [-0.4, -0.2) is 71.4 Å². The number of aromatic nitrogens is 1. The van der Waals surface area contributed by atoms with Crippen LogP contribution in [0.5, 0.6) is 0 Å². The number of fused-ring (bicyclic) bond motifs is 1. The number of likely N-dealkylation sites (tertiary alicyclic amines) is 2. The number of benzene rings is 2. The first kappa shape index (κ1) is 23.8. The Bertz CT molecular complexity index is 1190. The number of aldehydes is 1. The Morgan fingerprint density at radius 2 is 1.77 bits per heavy atom. The van der Waals surface area contributed by atoms with E-state index in [9.17, 15) is 9.59 Å². The van der Waals surface area contributed by atoms with Crippen molar-refractivity contribution in [2.75, 3.05) is 33.7 Å². The van der Waals surface area contributed by atoms with E-state index in [1.54, 1.807) is 0 Å². The van der Waals surface area contributed by atoms with Crippen LogP contribution in [0.4, 0.5) is 0 Å². The summed E-state index contributed by atoms with van der Waals surface area (Å²) in [6.07, 6.45) is 6.53. The fourth-order valence-corrected chi connectivity index (χ4v) is 6.30. The van der Waals surface area contributed by atoms with Gasteiger partial charge < -0.3 is 14.3 Å². The average Bonchev–Trinajstić information content (AvgIpc) is 3.28. The topological polar surface area (TPSA) is 48.8 Å². The fourth-order valence-electron chi connectivity index (χ4n) is 6.30. The fraction of sp³-hybridized carbons (Fsp3) is 0.448. The molecule has 2 saturated heterocycles. The number of carbonyl (C=O) groups is 2. The second-order valence-electron chi connectivity index (χ2n) is 10.4. The second-order valence-corrected chi connectivity index (χ2v) is 10.4. The number of carbonyl (C=O) groups excluding carboxylic acids is 2. The SMILES string of the molecule is CN(C)C1(c2ccccc2)CCN(C2C(C=O)CCCN2C(=O)c2ccc3ccn(C)c3c2)CC1. The van der Waals surface area contributed by atoms with Crippen LogP contribution in [0.15, 0.2) is 60.8 Å². The van der Waals surface area contributed by atoms with E-state index in [0.717, 1.165) is 56.0 Å². The highest BCUT2D eigenvalue weighted by Gasteiger charge is 2.44. The molecule has 2 fully saturated rings. The van der Waals surface area contributed by atoms with Gasteiger partial charge in [0.2, 0.25) is 0 Å². The Morgan fingerprint density at radius 1 is 1.03 bits per heavy atom. The van der Waals surface area contributed by atoms with E-state index in [4.69, 9.17) is 0 Å². The van der Waals surface area contributed by atoms with Gasteiger partial charge in [-0.1, -0.05) is 36.4 Å². The molecule has 2 atom stereocenters. The normalized spacial score (nSPS) is 23.0. The molecule has 2 aromatic carbocycles. The summed E-state index contributed by atoms with van der Waals surface area (Å²) in [5, 5.41) is 1.13. The predicted molar refractivity (Wildman–Crippen MR) is 139 cm³/mol. The zero-order valence-corrected chi connectivity index (χ0v) is 21.1. The van der Waals surface area contributed by atoms with Crippen molar-refractivity contribution >= 4 is 23.1 Å². The molecule has 6 nitrogen and oxygen atoms in total. The molecule has 0 bridgehead atoms. The molecular formula is C29H36N4O2. The van der Waals surface area contributed by atoms with Crippen LogP contribution < -0.4 is 0 Å². The molecule has 0 N–H and O–H groups in total. The maximum atomic E-state index is 13.8. The number of hydrogen-bond donors (Lipinski definition) is 0. The van der Waals surface area contributed by atoms with Gasteiger partial charge in [-0.15, -0.1) is 0 Å². The molecule has 184 valence electrons. The molecule has 35 heavy (non-hydrogen) atoms. The molecule has 3 aromatic rings. The van der Waals surface area contributed by atoms with Gasteiger partial charge in [-0.25, -0.2) is 0 Å². The number of piperidine rings is 2. The number of hydrogen-bond acceptors (Lipinski definition) is 4. The van der Waals surface area contributed by atoms with Crippen molar-refractivity contribution in [2.45, 2.75) is 37.4 Å². The second kappa shape index (κ2) is 9.59. The summed E-state index contributed by atoms with van der Waals surface area (Å²) in [5.74, 6) is -0.132. The van der Waals surface area contributed by atoms with Crippen LogP contribution in [0.3, 0.4) is 0 Å². The summed E-state index contributed by atoms with van der Waals surface area (Å²) in [7, 11) is 6.32. The van der Waals surface area contributed by atoms with Crippen molar-refractivity contribution in [1.29, 1.82) is 0 Å². The van der Waals surface area contributed by atoms with E-state index < -0.39 is 0 Å². The van der Waals surface area contributed by atoms with E-state index >= 15 is 0 Å². The van der Waals surface area contributed by atoms with Crippen LogP contribution in [0.2, 0.25) is 0 Å². The van der Waals surface area contributed by atoms with Crippen molar-refractivity contribution in [3.63, 3.8) is 0 Å². The van der Waals surface area contributed by atoms with Gasteiger partial charge in [-0.2, -0.15) is 0 Å². The Hall–Kier alpha value is -2.96. The quantitative estimate of drug-likeness (QED) is 0.525. The third-order valence-corrected chi connectivity index (χ3v) is 8.38. The summed E-state index contributed by atoms with van der Waals surface area (Å²) in [6.45, 7) is 2.39. The standard InChI is InChI=1S/C29H36N4O2/c1-30(2)29(25-9-5-4-6-10-25)14-18-32(19-15-29)27-24(21-34)8-7-16-33(27)28(35)23-12-11-22-13-17-31(3)26(22)20-23/h4-6,9-13,17,20-21,24,27H,7-8,14-16,18-19H2,1-3H3. The molecular weight excluding hydrogens is 436 g/mol. The van der Waals surface area contributed by atoms with Gasteiger partial charge in [0.05, 0.1) is 6.17 Å². The van der Waals surface area contributed by atoms with Gasteiger partial charge in [-0.05, 0) is 68.9 Å². The van der Waals surface area contributed by atoms with Gasteiger partial charge in [0.15, 0.2) is 0 Å². The zero-order valence-electron chi connectivity index (χ0n) is 21.1. The zero-order chi connectivity index (χ0) is 24.6. The number of aryl methyl sites for hydroxylation is 1. The highest BCUT2D eigenvalue weighted by molar-refractivity contribution is 5.98. The molecule has 0 saturated carbocycles. The van der Waals surface area contributed by atoms with Crippen molar-refractivity contribution in [1.82, 2.24) is 19.3 Å². The summed E-state index contributed by atoms with van der Waals surface area (Å²) >= 11 is 0. The van der Waals surface area contributed by atoms with Crippen molar-refractivity contribution in [3.8, 4) is 0 Å². The third kappa shape index (κ3) is 4.19. The first-order valence-corrected chi connectivity index (χ1v) is 12.7. The van der Waals surface area contributed by atoms with Crippen LogP contribution >= 0.6 is 0 Å². The molecule has 0 radical (unpaired) electrons. The number of nitrogens with zero attached hydrogens (tertiary/aromatic N) is 4. The molecule has 2 unspecified atom stereocenters. The van der Waals surface area contributed by atoms with Crippen molar-refractivity contribution in [3.05, 3.63) is 71.9 Å². The molecule has 0 aliphatic carbocycles. The lowest BCUT2D eigenvalue weighted by Crippen LogP contribution is -2.61. The molecule has 0 spiro atoms. The number of amides is 1. The summed E-state index contributed by atoms with van der Waals surface area (Å²) in [4.78, 5) is 32.7. The van der Waals surface area contributed by atoms with Gasteiger partial charge in [-0.3, -0.25) is 14.6 Å². The largest absolute Gasteiger partial charge is 0.351 e. The molecule has 2 aliphatic heterocycles. The predicted octanol–water partition coefficient (Wildman–Crippen LogP) is 4.11. The van der Waals surface area contributed by atoms with E-state index in [1.165, 1.54) is 5.56 Å². The van der Waals surface area contributed by atoms with E-state index in [1.807, 2.05) is 40.9 Å². The Labute approximate surface area is 208 Å². The van der Waals surface area contributed by atoms with Gasteiger partial charge in [0.25, 0.3) is 5.91 Å². The lowest BCUT2D eigenvalue weighted by Gasteiger charge is -2.52. The lowest BCUT2D eigenvalue weighted by molar-refractivity contribution is -0.119. The van der Waals surface area contributed by atoms with E-state index in [0.29, 0.717) is 12.1 Å². The summed E-state index contributed by atoms with van der Waals surface area (Å²) in [6, 6.07) is 18.7. The number of rotatable bonds is 5. The maximum Gasteiger partial charge on any atom is 0.255 e. The molecule has 5 rings (SSSR count). The van der Waals surface area contributed by atoms with Gasteiger partial charge in [0, 0.05) is 55.4 Å². The Kier molecular flexibility index (Phi) is 6.51. The van der Waals surface area contributed by atoms with E-state index in [2.05, 4.69) is 60.3 Å². The third-order valence-electron chi connectivity index (χ3n) is 8.38. The minimum atomic E-state index is -0.186. The minimum absolute atomic E-state index is 0.0251. The van der Waals surface area contributed by atoms with Crippen molar-refractivity contribution in [2.24, 2.45) is 13.0 Å². The first-order chi connectivity index (χ1) is 16.9. The molecule has 1 aromatic heterocycles. The molecule has 3 heterocycles. The van der Waals surface area contributed by atoms with Crippen LogP contribution in [0.25, 0.3) is 10.9 Å². The molecule has 2 aliphatic rings. The smallest absolute Gasteiger partial charge is 0.255 e. The minimum Gasteiger partial charge on any atom is -0.351 e. The molecule has 6 heteroatoms. The highest BCUT2D eigenvalue weighted by Crippen LogP contribution is 2.39. The monoisotopic (exact) mass is 472 g/mol. The Balaban J connectivity index is 1.42. The van der Waals surface area contributed by atoms with Crippen LogP contribution in [0.1, 0.15) is 41.6 Å².